The molecule has 0 bridgehead atoms. The second-order valence-corrected chi connectivity index (χ2v) is 6.06. The molecule has 0 spiro atoms. The summed E-state index contributed by atoms with van der Waals surface area (Å²) < 4.78 is 5.06. The molecule has 0 saturated carbocycles. The highest BCUT2D eigenvalue weighted by molar-refractivity contribution is 7.16. The Bertz CT molecular complexity index is 507. The lowest BCUT2D eigenvalue weighted by Gasteiger charge is -2.17. The Hall–Kier alpha value is -1.60. The number of carboxylic acids is 1. The van der Waals surface area contributed by atoms with Crippen LogP contribution in [0.15, 0.2) is 0 Å². The molecule has 0 radical (unpaired) electrons. The monoisotopic (exact) mass is 314 g/mol. The molecule has 0 fully saturated rings. The quantitative estimate of drug-likeness (QED) is 0.722. The number of nitrogens with one attached hydrogen (secondary N) is 2. The number of amides is 2. The molecule has 6 nitrogen and oxygen atoms in total. The van der Waals surface area contributed by atoms with Crippen molar-refractivity contribution in [1.29, 1.82) is 0 Å². The Labute approximate surface area is 128 Å². The number of carboxylic acid groups (broad SMARTS) is 1. The molecule has 0 aliphatic heterocycles. The summed E-state index contributed by atoms with van der Waals surface area (Å²) in [5.74, 6) is -1.03. The van der Waals surface area contributed by atoms with Crippen LogP contribution >= 0.6 is 11.3 Å². The fraction of sp³-hybridized carbons (Fsp3) is 0.571. The van der Waals surface area contributed by atoms with Crippen LogP contribution in [0, 0.1) is 13.8 Å². The van der Waals surface area contributed by atoms with E-state index in [-0.39, 0.29) is 11.6 Å². The fourth-order valence-corrected chi connectivity index (χ4v) is 3.09. The summed E-state index contributed by atoms with van der Waals surface area (Å²) in [7, 11) is 1.58. The molecule has 118 valence electrons. The van der Waals surface area contributed by atoms with E-state index >= 15 is 0 Å². The van der Waals surface area contributed by atoms with Crippen molar-refractivity contribution in [2.24, 2.45) is 0 Å². The van der Waals surface area contributed by atoms with Crippen LogP contribution < -0.4 is 10.6 Å². The molecule has 1 atom stereocenters. The average molecular weight is 314 g/mol. The van der Waals surface area contributed by atoms with Gasteiger partial charge in [-0.2, -0.15) is 0 Å². The first-order valence-corrected chi connectivity index (χ1v) is 7.62. The molecule has 0 aliphatic rings. The zero-order chi connectivity index (χ0) is 16.0. The van der Waals surface area contributed by atoms with Gasteiger partial charge in [-0.1, -0.05) is 13.3 Å². The van der Waals surface area contributed by atoms with E-state index in [2.05, 4.69) is 10.6 Å². The summed E-state index contributed by atoms with van der Waals surface area (Å²) in [6.07, 6.45) is 1.72. The van der Waals surface area contributed by atoms with E-state index in [1.807, 2.05) is 13.8 Å². The normalized spacial score (nSPS) is 12.0. The molecular weight excluding hydrogens is 292 g/mol. The molecule has 2 amide bonds. The van der Waals surface area contributed by atoms with Crippen molar-refractivity contribution < 1.29 is 19.4 Å². The molecule has 7 heteroatoms. The lowest BCUT2D eigenvalue weighted by atomic mass is 10.1. The van der Waals surface area contributed by atoms with Crippen LogP contribution in [0.25, 0.3) is 0 Å². The first kappa shape index (κ1) is 17.5. The number of carbonyl (C=O) groups excluding carboxylic acids is 1. The Morgan fingerprint density at radius 1 is 1.38 bits per heavy atom. The highest BCUT2D eigenvalue weighted by Crippen LogP contribution is 2.32. The first-order chi connectivity index (χ1) is 9.90. The van der Waals surface area contributed by atoms with Crippen molar-refractivity contribution in [2.75, 3.05) is 19.0 Å². The number of hydrogen-bond acceptors (Lipinski definition) is 4. The van der Waals surface area contributed by atoms with Gasteiger partial charge in [-0.3, -0.25) is 5.32 Å². The third kappa shape index (κ3) is 4.71. The number of anilines is 1. The number of ether oxygens (including phenoxy) is 1. The Balaban J connectivity index is 2.79. The van der Waals surface area contributed by atoms with Crippen LogP contribution in [-0.4, -0.2) is 36.9 Å². The summed E-state index contributed by atoms with van der Waals surface area (Å²) in [6.45, 7) is 6.02. The number of carbonyl (C=O) groups is 2. The molecule has 1 heterocycles. The van der Waals surface area contributed by atoms with E-state index in [1.54, 1.807) is 14.0 Å². The molecule has 1 aromatic heterocycles. The Morgan fingerprint density at radius 3 is 2.57 bits per heavy atom. The van der Waals surface area contributed by atoms with Gasteiger partial charge in [-0.25, -0.2) is 9.59 Å². The van der Waals surface area contributed by atoms with Crippen LogP contribution in [0.4, 0.5) is 9.80 Å². The molecule has 0 saturated heterocycles. The predicted molar refractivity (Wildman–Crippen MR) is 83.5 cm³/mol. The molecule has 1 unspecified atom stereocenters. The van der Waals surface area contributed by atoms with Crippen LogP contribution in [0.5, 0.6) is 0 Å². The lowest BCUT2D eigenvalue weighted by molar-refractivity contribution is 0.0697. The van der Waals surface area contributed by atoms with Gasteiger partial charge in [0.15, 0.2) is 0 Å². The van der Waals surface area contributed by atoms with E-state index in [1.165, 1.54) is 11.3 Å². The summed E-state index contributed by atoms with van der Waals surface area (Å²) >= 11 is 1.27. The van der Waals surface area contributed by atoms with Crippen molar-refractivity contribution in [2.45, 2.75) is 39.7 Å². The van der Waals surface area contributed by atoms with Crippen molar-refractivity contribution in [1.82, 2.24) is 5.32 Å². The predicted octanol–water partition coefficient (Wildman–Crippen LogP) is 3.00. The average Bonchev–Trinajstić information content (AvgIpc) is 2.65. The van der Waals surface area contributed by atoms with Crippen LogP contribution in [0.1, 0.15) is 40.6 Å². The van der Waals surface area contributed by atoms with E-state index in [0.717, 1.165) is 17.7 Å². The molecule has 1 aromatic rings. The maximum Gasteiger partial charge on any atom is 0.338 e. The molecule has 3 N–H and O–H groups in total. The highest BCUT2D eigenvalue weighted by atomic mass is 32.1. The SMILES string of the molecule is CCCC(COC)NC(=O)Nc1sc(C)c(C)c1C(=O)O. The highest BCUT2D eigenvalue weighted by Gasteiger charge is 2.21. The van der Waals surface area contributed by atoms with Crippen molar-refractivity contribution in [3.8, 4) is 0 Å². The molecule has 1 rings (SSSR count). The van der Waals surface area contributed by atoms with Gasteiger partial charge in [0.2, 0.25) is 0 Å². The molecular formula is C14H22N2O4S. The van der Waals surface area contributed by atoms with E-state index in [0.29, 0.717) is 17.2 Å². The van der Waals surface area contributed by atoms with E-state index in [4.69, 9.17) is 4.74 Å². The van der Waals surface area contributed by atoms with Crippen molar-refractivity contribution in [3.05, 3.63) is 16.0 Å². The van der Waals surface area contributed by atoms with Crippen molar-refractivity contribution >= 4 is 28.3 Å². The molecule has 21 heavy (non-hydrogen) atoms. The molecule has 0 aromatic carbocycles. The zero-order valence-corrected chi connectivity index (χ0v) is 13.6. The minimum absolute atomic E-state index is 0.0876. The van der Waals surface area contributed by atoms with Crippen LogP contribution in [0.3, 0.4) is 0 Å². The lowest BCUT2D eigenvalue weighted by Crippen LogP contribution is -2.40. The van der Waals surface area contributed by atoms with Gasteiger partial charge < -0.3 is 15.2 Å². The maximum absolute atomic E-state index is 12.0. The van der Waals surface area contributed by atoms with E-state index in [9.17, 15) is 14.7 Å². The number of methoxy groups -OCH3 is 1. The summed E-state index contributed by atoms with van der Waals surface area (Å²) in [5, 5.41) is 15.0. The van der Waals surface area contributed by atoms with Gasteiger partial charge in [0.05, 0.1) is 18.2 Å². The van der Waals surface area contributed by atoms with Crippen LogP contribution in [0.2, 0.25) is 0 Å². The number of hydrogen-bond donors (Lipinski definition) is 3. The third-order valence-corrected chi connectivity index (χ3v) is 4.29. The summed E-state index contributed by atoms with van der Waals surface area (Å²) in [4.78, 5) is 24.2. The number of rotatable bonds is 7. The maximum atomic E-state index is 12.0. The topological polar surface area (TPSA) is 87.7 Å². The minimum atomic E-state index is -1.03. The van der Waals surface area contributed by atoms with Crippen molar-refractivity contribution in [3.63, 3.8) is 0 Å². The van der Waals surface area contributed by atoms with Gasteiger partial charge in [0.1, 0.15) is 5.00 Å². The fourth-order valence-electron chi connectivity index (χ4n) is 2.04. The summed E-state index contributed by atoms with van der Waals surface area (Å²) in [5.41, 5.74) is 0.844. The second kappa shape index (κ2) is 7.99. The number of aryl methyl sites for hydroxylation is 1. The standard InChI is InChI=1S/C14H22N2O4S/c1-5-6-10(7-20-4)15-14(19)16-12-11(13(17)18)8(2)9(3)21-12/h10H,5-7H2,1-4H3,(H,17,18)(H2,15,16,19). The van der Waals surface area contributed by atoms with Gasteiger partial charge in [-0.05, 0) is 25.8 Å². The summed E-state index contributed by atoms with van der Waals surface area (Å²) in [6, 6.07) is -0.496. The van der Waals surface area contributed by atoms with Gasteiger partial charge >= 0.3 is 12.0 Å². The van der Waals surface area contributed by atoms with Crippen LogP contribution in [-0.2, 0) is 4.74 Å². The van der Waals surface area contributed by atoms with E-state index < -0.39 is 12.0 Å². The second-order valence-electron chi connectivity index (χ2n) is 4.83. The molecule has 0 aliphatic carbocycles. The van der Waals surface area contributed by atoms with Gasteiger partial charge in [-0.15, -0.1) is 11.3 Å². The number of aromatic carboxylic acids is 1. The Kier molecular flexibility index (Phi) is 6.64. The largest absolute Gasteiger partial charge is 0.478 e. The smallest absolute Gasteiger partial charge is 0.338 e. The third-order valence-electron chi connectivity index (χ3n) is 3.17. The van der Waals surface area contributed by atoms with Gasteiger partial charge in [0, 0.05) is 12.0 Å². The first-order valence-electron chi connectivity index (χ1n) is 6.80. The number of urea groups is 1. The van der Waals surface area contributed by atoms with Gasteiger partial charge in [0.25, 0.3) is 0 Å². The number of thiophene rings is 1. The Morgan fingerprint density at radius 2 is 2.05 bits per heavy atom. The zero-order valence-electron chi connectivity index (χ0n) is 12.8. The minimum Gasteiger partial charge on any atom is -0.478 e.